The summed E-state index contributed by atoms with van der Waals surface area (Å²) in [6.45, 7) is 68.9. The number of nitrogens with zero attached hydrogens (tertiary/aromatic N) is 1. The van der Waals surface area contributed by atoms with Gasteiger partial charge in [0.15, 0.2) is 0 Å². The van der Waals surface area contributed by atoms with Crippen LogP contribution in [0.1, 0.15) is 234 Å². The molecular formula is C92H123Cl2NO12P2. The molecule has 1 aromatic heterocycles. The molecule has 0 fully saturated rings. The fraction of sp³-hybridized carbons (Fsp3) is 0.457. The number of hydrogen-bond acceptors (Lipinski definition) is 13. The van der Waals surface area contributed by atoms with Crippen LogP contribution < -0.4 is 18.5 Å². The van der Waals surface area contributed by atoms with Crippen LogP contribution in [0.2, 0.25) is 0 Å². The summed E-state index contributed by atoms with van der Waals surface area (Å²) >= 11 is 12.3. The molecule has 109 heavy (non-hydrogen) atoms. The normalized spacial score (nSPS) is 12.0. The Bertz CT molecular complexity index is 4700. The molecular weight excluding hydrogens is 1440 g/mol. The van der Waals surface area contributed by atoms with E-state index in [1.54, 1.807) is 20.8 Å². The zero-order valence-corrected chi connectivity index (χ0v) is 74.7. The molecule has 9 rings (SSSR count). The topological polar surface area (TPSA) is 160 Å². The molecule has 0 atom stereocenters. The molecule has 13 nitrogen and oxygen atoms in total. The number of aromatic hydroxyl groups is 2. The SMILES string of the molecule is CCN(CC)CC.Cc1cc(-c2cc(C)cc(C(C)(C)C)c2OP(Cl)Cl)c(OC(=O)OC(C)(C)C)c(C(C)(C)C)c1.Cc1cc(-c2cc(C)cc(C(C)(C)C)c2Op2oc3c(C)cc(C)cc3c3cc(C)cc(C)c3o2)c(OC(=O)OC(C)(C)C)c(C(C)(C)C)c1.Cc1cc(C)c(O)c(-c2cc(C)cc(C)c2O)c1. The number of carbonyl (C=O) groups is 2. The van der Waals surface area contributed by atoms with E-state index in [0.29, 0.717) is 34.1 Å². The smallest absolute Gasteiger partial charge is 0.507 e. The van der Waals surface area contributed by atoms with Gasteiger partial charge in [-0.3, -0.25) is 0 Å². The Kier molecular flexibility index (Phi) is 29.6. The average Bonchev–Trinajstić information content (AvgIpc) is 1.67. The van der Waals surface area contributed by atoms with Crippen molar-refractivity contribution >= 4 is 71.8 Å². The van der Waals surface area contributed by atoms with E-state index < -0.39 is 38.6 Å². The first-order valence-electron chi connectivity index (χ1n) is 37.7. The second-order valence-corrected chi connectivity index (χ2v) is 39.1. The summed E-state index contributed by atoms with van der Waals surface area (Å²) in [6, 6.07) is 32.7. The molecule has 0 radical (unpaired) electrons. The third kappa shape index (κ3) is 24.2. The molecule has 0 amide bonds. The van der Waals surface area contributed by atoms with Crippen molar-refractivity contribution in [3.05, 3.63) is 186 Å². The summed E-state index contributed by atoms with van der Waals surface area (Å²) in [4.78, 5) is 28.5. The maximum Gasteiger partial charge on any atom is 0.514 e. The van der Waals surface area contributed by atoms with Gasteiger partial charge in [-0.05, 0) is 304 Å². The van der Waals surface area contributed by atoms with Crippen LogP contribution in [0.3, 0.4) is 0 Å². The first-order chi connectivity index (χ1) is 50.0. The van der Waals surface area contributed by atoms with Crippen molar-refractivity contribution in [2.75, 3.05) is 19.6 Å². The number of rotatable bonds is 12. The van der Waals surface area contributed by atoms with Gasteiger partial charge in [-0.25, -0.2) is 9.59 Å². The van der Waals surface area contributed by atoms with Crippen molar-refractivity contribution in [3.63, 3.8) is 0 Å². The number of phenols is 2. The van der Waals surface area contributed by atoms with E-state index in [9.17, 15) is 19.8 Å². The molecule has 0 saturated heterocycles. The van der Waals surface area contributed by atoms with E-state index >= 15 is 0 Å². The van der Waals surface area contributed by atoms with Gasteiger partial charge in [-0.15, -0.1) is 0 Å². The number of fused-ring (bicyclic) bond motifs is 3. The summed E-state index contributed by atoms with van der Waals surface area (Å²) < 4.78 is 50.0. The van der Waals surface area contributed by atoms with Crippen LogP contribution in [0, 0.1) is 83.1 Å². The monoisotopic (exact) mass is 1570 g/mol. The van der Waals surface area contributed by atoms with Gasteiger partial charge >= 0.3 is 20.6 Å². The standard InChI is InChI=1S/C43H53O6P.C27H37Cl2O4P.C16H18O2.C6H15N/c1-24-16-28(5)36-30(18-24)31-19-25(2)17-29(6)37(31)48-50(47-36)49-39-33(21-27(4)23-35(39)42(10,11)12)32-20-26(3)22-34(41(7,8)9)38(32)45-40(44)46-43(13,14)15;1-16-12-18(19-13-17(2)15-21(26(6,7)8)23(19)33-34(28)29)22(20(14-16)25(3,4)5)31-24(30)32-27(9,10)11;1-9-5-11(3)15(17)13(7-9)14-8-10(2)6-12(4)16(14)18;1-4-7(5-2)6-3/h16-23H,1-15H3;12-15H,1-11H3;5-8,17-18H,1-4H3;4-6H2,1-3H3. The molecule has 0 spiro atoms. The van der Waals surface area contributed by atoms with E-state index in [2.05, 4.69) is 205 Å². The van der Waals surface area contributed by atoms with Gasteiger partial charge in [-0.1, -0.05) is 152 Å². The first-order valence-corrected chi connectivity index (χ1v) is 41.8. The first kappa shape index (κ1) is 90.3. The van der Waals surface area contributed by atoms with Crippen LogP contribution in [-0.4, -0.2) is 58.3 Å². The van der Waals surface area contributed by atoms with Crippen molar-refractivity contribution in [1.29, 1.82) is 0 Å². The number of hydrogen-bond donors (Lipinski definition) is 2. The van der Waals surface area contributed by atoms with Gasteiger partial charge in [0, 0.05) is 66.4 Å². The molecule has 0 aliphatic rings. The highest BCUT2D eigenvalue weighted by Crippen LogP contribution is 2.56. The second-order valence-electron chi connectivity index (χ2n) is 35.2. The number of benzene rings is 8. The van der Waals surface area contributed by atoms with E-state index in [1.807, 2.05) is 105 Å². The lowest BCUT2D eigenvalue weighted by Crippen LogP contribution is -2.27. The van der Waals surface area contributed by atoms with Crippen molar-refractivity contribution in [2.24, 2.45) is 0 Å². The number of ether oxygens (including phenoxy) is 4. The molecule has 0 aliphatic carbocycles. The molecule has 0 unspecified atom stereocenters. The van der Waals surface area contributed by atoms with Gasteiger partial charge in [0.2, 0.25) is 0 Å². The summed E-state index contributed by atoms with van der Waals surface area (Å²) in [5.74, 6) is 2.57. The van der Waals surface area contributed by atoms with Crippen molar-refractivity contribution in [1.82, 2.24) is 4.90 Å². The molecule has 9 aromatic rings. The van der Waals surface area contributed by atoms with E-state index in [0.717, 1.165) is 133 Å². The molecule has 0 bridgehead atoms. The van der Waals surface area contributed by atoms with Crippen LogP contribution in [0.5, 0.6) is 34.5 Å². The van der Waals surface area contributed by atoms with Crippen molar-refractivity contribution in [2.45, 2.75) is 261 Å². The quantitative estimate of drug-likeness (QED) is 0.0677. The van der Waals surface area contributed by atoms with Gasteiger partial charge < -0.3 is 51.5 Å². The fourth-order valence-electron chi connectivity index (χ4n) is 13.1. The number of phenolic OH excluding ortho intramolecular Hbond substituents is 2. The largest absolute Gasteiger partial charge is 0.514 e. The predicted octanol–water partition coefficient (Wildman–Crippen LogP) is 28.9. The highest BCUT2D eigenvalue weighted by molar-refractivity contribution is 8.00. The third-order valence-electron chi connectivity index (χ3n) is 18.2. The van der Waals surface area contributed by atoms with Gasteiger partial charge in [0.1, 0.15) is 56.9 Å². The van der Waals surface area contributed by atoms with Crippen LogP contribution in [-0.2, 0) is 31.1 Å². The van der Waals surface area contributed by atoms with Crippen LogP contribution in [0.15, 0.2) is 105 Å². The van der Waals surface area contributed by atoms with E-state index in [4.69, 9.17) is 58.9 Å². The minimum absolute atomic E-state index is 0.237. The Morgan fingerprint density at radius 3 is 0.917 bits per heavy atom. The van der Waals surface area contributed by atoms with Crippen molar-refractivity contribution < 1.29 is 56.2 Å². The van der Waals surface area contributed by atoms with E-state index in [-0.39, 0.29) is 33.2 Å². The minimum Gasteiger partial charge on any atom is -0.507 e. The Balaban J connectivity index is 0.000000269. The molecule has 0 aliphatic heterocycles. The maximum absolute atomic E-state index is 13.3. The third-order valence-corrected chi connectivity index (χ3v) is 19.9. The Morgan fingerprint density at radius 1 is 0.376 bits per heavy atom. The lowest BCUT2D eigenvalue weighted by molar-refractivity contribution is 0.0190. The van der Waals surface area contributed by atoms with Crippen molar-refractivity contribution in [3.8, 4) is 67.9 Å². The molecule has 17 heteroatoms. The molecule has 8 aromatic carbocycles. The van der Waals surface area contributed by atoms with Gasteiger partial charge in [0.25, 0.3) is 6.85 Å². The number of aryl methyl sites for hydroxylation is 12. The van der Waals surface area contributed by atoms with Crippen LogP contribution in [0.4, 0.5) is 9.59 Å². The molecule has 0 saturated carbocycles. The average molecular weight is 1570 g/mol. The molecule has 1 heterocycles. The maximum atomic E-state index is 13.3. The van der Waals surface area contributed by atoms with Crippen LogP contribution in [0.25, 0.3) is 55.3 Å². The highest BCUT2D eigenvalue weighted by Gasteiger charge is 2.34. The number of halogens is 2. The van der Waals surface area contributed by atoms with E-state index in [1.165, 1.54) is 19.6 Å². The summed E-state index contributed by atoms with van der Waals surface area (Å²) in [5, 5.41) is 22.3. The molecule has 2 N–H and O–H groups in total. The lowest BCUT2D eigenvalue weighted by atomic mass is 9.80. The lowest BCUT2D eigenvalue weighted by Gasteiger charge is -2.29. The summed E-state index contributed by atoms with van der Waals surface area (Å²) in [7, 11) is -1.99. The van der Waals surface area contributed by atoms with Crippen LogP contribution >= 0.6 is 37.6 Å². The predicted molar refractivity (Wildman–Crippen MR) is 459 cm³/mol. The van der Waals surface area contributed by atoms with Gasteiger partial charge in [-0.2, -0.15) is 0 Å². The summed E-state index contributed by atoms with van der Waals surface area (Å²) in [6.07, 6.45) is -1.52. The zero-order chi connectivity index (χ0) is 82.5. The summed E-state index contributed by atoms with van der Waals surface area (Å²) in [5.41, 5.74) is 19.2. The zero-order valence-electron chi connectivity index (χ0n) is 71.4. The molecule has 592 valence electrons. The Hall–Kier alpha value is -7.63. The minimum atomic E-state index is -1.99. The number of carbonyl (C=O) groups excluding carboxylic acids is 2. The highest BCUT2D eigenvalue weighted by atomic mass is 35.9. The fourth-order valence-corrected chi connectivity index (χ4v) is 15.1. The Labute approximate surface area is 663 Å². The Morgan fingerprint density at radius 2 is 0.633 bits per heavy atom. The van der Waals surface area contributed by atoms with Gasteiger partial charge in [0.05, 0.1) is 0 Å². The second kappa shape index (κ2) is 35.8.